The fourth-order valence-electron chi connectivity index (χ4n) is 1.50. The predicted molar refractivity (Wildman–Crippen MR) is 69.5 cm³/mol. The molecule has 0 N–H and O–H groups in total. The Hall–Kier alpha value is -0.510. The lowest BCUT2D eigenvalue weighted by Gasteiger charge is -2.08. The van der Waals surface area contributed by atoms with E-state index in [4.69, 9.17) is 23.2 Å². The van der Waals surface area contributed by atoms with Crippen LogP contribution in [0.5, 0.6) is 0 Å². The fourth-order valence-corrected chi connectivity index (χ4v) is 2.87. The van der Waals surface area contributed by atoms with Gasteiger partial charge in [-0.2, -0.15) is 0 Å². The Morgan fingerprint density at radius 3 is 2.94 bits per heavy atom. The van der Waals surface area contributed by atoms with E-state index in [2.05, 4.69) is 11.1 Å². The summed E-state index contributed by atoms with van der Waals surface area (Å²) in [4.78, 5) is 5.28. The first-order valence-corrected chi connectivity index (χ1v) is 6.71. The van der Waals surface area contributed by atoms with Gasteiger partial charge in [0.15, 0.2) is 0 Å². The lowest BCUT2D eigenvalue weighted by molar-refractivity contribution is 0.619. The molecule has 0 aliphatic heterocycles. The fraction of sp³-hybridized carbons (Fsp3) is 0.364. The van der Waals surface area contributed by atoms with Gasteiger partial charge in [0, 0.05) is 23.8 Å². The number of nitrogens with zero attached hydrogens (tertiary/aromatic N) is 2. The van der Waals surface area contributed by atoms with Gasteiger partial charge in [0.1, 0.15) is 0 Å². The molecule has 0 bridgehead atoms. The molecule has 2 nitrogen and oxygen atoms in total. The van der Waals surface area contributed by atoms with E-state index in [0.717, 1.165) is 23.7 Å². The summed E-state index contributed by atoms with van der Waals surface area (Å²) in [5.41, 5.74) is 0. The van der Waals surface area contributed by atoms with Crippen LogP contribution < -0.4 is 0 Å². The molecule has 0 amide bonds. The molecule has 0 aliphatic rings. The zero-order valence-electron chi connectivity index (χ0n) is 8.64. The number of thiophene rings is 1. The van der Waals surface area contributed by atoms with Gasteiger partial charge in [-0.3, -0.25) is 0 Å². The van der Waals surface area contributed by atoms with Crippen LogP contribution in [0.4, 0.5) is 0 Å². The quantitative estimate of drug-likeness (QED) is 0.758. The molecule has 0 aromatic carbocycles. The van der Waals surface area contributed by atoms with Gasteiger partial charge in [-0.1, -0.05) is 11.6 Å². The highest BCUT2D eigenvalue weighted by atomic mass is 35.5. The van der Waals surface area contributed by atoms with Crippen molar-refractivity contribution < 1.29 is 0 Å². The predicted octanol–water partition coefficient (Wildman–Crippen LogP) is 3.84. The second-order valence-electron chi connectivity index (χ2n) is 3.60. The van der Waals surface area contributed by atoms with Crippen molar-refractivity contribution in [3.05, 3.63) is 40.1 Å². The van der Waals surface area contributed by atoms with Crippen LogP contribution in [0, 0.1) is 0 Å². The molecule has 0 radical (unpaired) electrons. The summed E-state index contributed by atoms with van der Waals surface area (Å²) in [7, 11) is 0. The number of alkyl halides is 1. The van der Waals surface area contributed by atoms with Gasteiger partial charge in [0.05, 0.1) is 16.0 Å². The maximum atomic E-state index is 6.25. The normalized spacial score (nSPS) is 12.9. The zero-order chi connectivity index (χ0) is 11.4. The van der Waals surface area contributed by atoms with Crippen LogP contribution in [-0.4, -0.2) is 14.9 Å². The van der Waals surface area contributed by atoms with Crippen molar-refractivity contribution in [1.29, 1.82) is 0 Å². The van der Waals surface area contributed by atoms with Gasteiger partial charge in [-0.15, -0.1) is 22.9 Å². The van der Waals surface area contributed by atoms with E-state index in [-0.39, 0.29) is 5.38 Å². The Morgan fingerprint density at radius 2 is 2.31 bits per heavy atom. The molecule has 2 aromatic rings. The molecule has 0 fully saturated rings. The lowest BCUT2D eigenvalue weighted by Crippen LogP contribution is -2.09. The molecule has 86 valence electrons. The second-order valence-corrected chi connectivity index (χ2v) is 6.02. The monoisotopic (exact) mass is 274 g/mol. The summed E-state index contributed by atoms with van der Waals surface area (Å²) >= 11 is 13.7. The molecular formula is C11H12Cl2N2S. The summed E-state index contributed by atoms with van der Waals surface area (Å²) in [5.74, 6) is 0. The number of halogens is 2. The first-order valence-electron chi connectivity index (χ1n) is 5.08. The highest BCUT2D eigenvalue weighted by Crippen LogP contribution is 2.23. The third-order valence-electron chi connectivity index (χ3n) is 2.30. The number of aromatic nitrogens is 2. The van der Waals surface area contributed by atoms with Crippen molar-refractivity contribution in [2.45, 2.75) is 24.8 Å². The van der Waals surface area contributed by atoms with Crippen molar-refractivity contribution in [2.75, 3.05) is 0 Å². The van der Waals surface area contributed by atoms with Crippen LogP contribution in [0.2, 0.25) is 4.34 Å². The Bertz CT molecular complexity index is 425. The van der Waals surface area contributed by atoms with Crippen LogP contribution >= 0.6 is 34.5 Å². The highest BCUT2D eigenvalue weighted by Gasteiger charge is 2.07. The average Bonchev–Trinajstić information content (AvgIpc) is 2.87. The van der Waals surface area contributed by atoms with Gasteiger partial charge in [-0.05, 0) is 25.0 Å². The standard InChI is InChI=1S/C11H12Cl2N2S/c12-9(7-15-6-5-14-8-15)1-2-10-3-4-11(13)16-10/h3-6,8-9H,1-2,7H2. The summed E-state index contributed by atoms with van der Waals surface area (Å²) < 4.78 is 2.84. The van der Waals surface area contributed by atoms with E-state index in [1.165, 1.54) is 4.88 Å². The minimum absolute atomic E-state index is 0.134. The summed E-state index contributed by atoms with van der Waals surface area (Å²) in [6, 6.07) is 3.99. The van der Waals surface area contributed by atoms with E-state index < -0.39 is 0 Å². The molecule has 2 aromatic heterocycles. The summed E-state index contributed by atoms with van der Waals surface area (Å²) in [5, 5.41) is 0.134. The largest absolute Gasteiger partial charge is 0.336 e. The molecule has 16 heavy (non-hydrogen) atoms. The SMILES string of the molecule is Clc1ccc(CCC(Cl)Cn2ccnc2)s1. The smallest absolute Gasteiger partial charge is 0.0946 e. The number of hydrogen-bond acceptors (Lipinski definition) is 2. The first kappa shape index (κ1) is 12.0. The number of rotatable bonds is 5. The molecule has 1 unspecified atom stereocenters. The van der Waals surface area contributed by atoms with Crippen molar-refractivity contribution in [2.24, 2.45) is 0 Å². The molecule has 2 heterocycles. The molecule has 2 rings (SSSR count). The third kappa shape index (κ3) is 3.51. The molecule has 0 spiro atoms. The second kappa shape index (κ2) is 5.71. The Labute approximate surface area is 109 Å². The lowest BCUT2D eigenvalue weighted by atomic mass is 10.2. The maximum absolute atomic E-state index is 6.25. The average molecular weight is 275 g/mol. The van der Waals surface area contributed by atoms with Crippen LogP contribution in [0.3, 0.4) is 0 Å². The van der Waals surface area contributed by atoms with Crippen molar-refractivity contribution in [3.63, 3.8) is 0 Å². The molecule has 0 saturated carbocycles. The summed E-state index contributed by atoms with van der Waals surface area (Å²) in [6.45, 7) is 0.806. The molecule has 5 heteroatoms. The topological polar surface area (TPSA) is 17.8 Å². The van der Waals surface area contributed by atoms with Crippen molar-refractivity contribution in [1.82, 2.24) is 9.55 Å². The van der Waals surface area contributed by atoms with E-state index in [9.17, 15) is 0 Å². The van der Waals surface area contributed by atoms with Crippen LogP contribution in [-0.2, 0) is 13.0 Å². The Balaban J connectivity index is 1.77. The first-order chi connectivity index (χ1) is 7.74. The molecule has 1 atom stereocenters. The molecule has 0 aliphatic carbocycles. The van der Waals surface area contributed by atoms with Gasteiger partial charge < -0.3 is 4.57 Å². The van der Waals surface area contributed by atoms with Gasteiger partial charge in [0.2, 0.25) is 0 Å². The van der Waals surface area contributed by atoms with Gasteiger partial charge in [-0.25, -0.2) is 4.98 Å². The Kier molecular flexibility index (Phi) is 4.27. The number of hydrogen-bond donors (Lipinski definition) is 0. The molecular weight excluding hydrogens is 263 g/mol. The Morgan fingerprint density at radius 1 is 1.44 bits per heavy atom. The van der Waals surface area contributed by atoms with Crippen molar-refractivity contribution in [3.8, 4) is 0 Å². The number of aryl methyl sites for hydroxylation is 1. The minimum Gasteiger partial charge on any atom is -0.336 e. The van der Waals surface area contributed by atoms with Crippen LogP contribution in [0.25, 0.3) is 0 Å². The zero-order valence-corrected chi connectivity index (χ0v) is 11.0. The van der Waals surface area contributed by atoms with E-state index in [1.54, 1.807) is 23.9 Å². The van der Waals surface area contributed by atoms with E-state index in [0.29, 0.717) is 0 Å². The minimum atomic E-state index is 0.134. The van der Waals surface area contributed by atoms with E-state index >= 15 is 0 Å². The van der Waals surface area contributed by atoms with Gasteiger partial charge in [0.25, 0.3) is 0 Å². The molecule has 0 saturated heterocycles. The maximum Gasteiger partial charge on any atom is 0.0946 e. The van der Waals surface area contributed by atoms with Gasteiger partial charge >= 0.3 is 0 Å². The number of imidazole rings is 1. The third-order valence-corrected chi connectivity index (χ3v) is 3.95. The van der Waals surface area contributed by atoms with Crippen LogP contribution in [0.1, 0.15) is 11.3 Å². The summed E-state index contributed by atoms with van der Waals surface area (Å²) in [6.07, 6.45) is 7.42. The van der Waals surface area contributed by atoms with Crippen molar-refractivity contribution >= 4 is 34.5 Å². The van der Waals surface area contributed by atoms with E-state index in [1.807, 2.05) is 16.8 Å². The highest BCUT2D eigenvalue weighted by molar-refractivity contribution is 7.16. The van der Waals surface area contributed by atoms with Crippen LogP contribution in [0.15, 0.2) is 30.9 Å².